The van der Waals surface area contributed by atoms with Gasteiger partial charge in [0, 0.05) is 6.07 Å². The van der Waals surface area contributed by atoms with E-state index in [1.807, 2.05) is 0 Å². The first kappa shape index (κ1) is 12.2. The molecular weight excluding hydrogens is 211 g/mol. The molecule has 0 amide bonds. The maximum Gasteiger partial charge on any atom is 0.309 e. The van der Waals surface area contributed by atoms with Gasteiger partial charge in [0.05, 0.1) is 20.6 Å². The average molecular weight is 224 g/mol. The van der Waals surface area contributed by atoms with Gasteiger partial charge < -0.3 is 9.47 Å². The van der Waals surface area contributed by atoms with Crippen molar-refractivity contribution in [3.8, 4) is 5.75 Å². The van der Waals surface area contributed by atoms with Crippen molar-refractivity contribution < 1.29 is 18.7 Å². The molecule has 0 heterocycles. The van der Waals surface area contributed by atoms with E-state index in [0.29, 0.717) is 11.3 Å². The third-order valence-corrected chi connectivity index (χ3v) is 1.95. The van der Waals surface area contributed by atoms with E-state index < -0.39 is 0 Å². The molecule has 0 aliphatic rings. The van der Waals surface area contributed by atoms with Crippen LogP contribution in [0.4, 0.5) is 4.39 Å². The second kappa shape index (κ2) is 5.90. The fourth-order valence-corrected chi connectivity index (χ4v) is 1.17. The van der Waals surface area contributed by atoms with Crippen LogP contribution in [0.5, 0.6) is 5.75 Å². The molecule has 0 unspecified atom stereocenters. The van der Waals surface area contributed by atoms with Gasteiger partial charge in [-0.3, -0.25) is 4.79 Å². The van der Waals surface area contributed by atoms with Crippen LogP contribution in [-0.2, 0) is 9.53 Å². The zero-order valence-electron chi connectivity index (χ0n) is 9.20. The van der Waals surface area contributed by atoms with Crippen LogP contribution in [0.15, 0.2) is 24.3 Å². The van der Waals surface area contributed by atoms with Crippen LogP contribution < -0.4 is 4.74 Å². The molecule has 0 bridgehead atoms. The van der Waals surface area contributed by atoms with Gasteiger partial charge in [0.15, 0.2) is 0 Å². The molecule has 0 aliphatic carbocycles. The van der Waals surface area contributed by atoms with E-state index in [0.717, 1.165) is 0 Å². The first-order valence-electron chi connectivity index (χ1n) is 4.73. The Labute approximate surface area is 93.5 Å². The summed E-state index contributed by atoms with van der Waals surface area (Å²) in [5.74, 6) is -0.269. The second-order valence-corrected chi connectivity index (χ2v) is 3.11. The summed E-state index contributed by atoms with van der Waals surface area (Å²) in [5.41, 5.74) is 0.640. The molecule has 86 valence electrons. The molecule has 0 N–H and O–H groups in total. The van der Waals surface area contributed by atoms with Crippen molar-refractivity contribution in [2.24, 2.45) is 0 Å². The maximum atomic E-state index is 13.1. The van der Waals surface area contributed by atoms with E-state index in [9.17, 15) is 9.18 Å². The van der Waals surface area contributed by atoms with Gasteiger partial charge in [0.25, 0.3) is 0 Å². The summed E-state index contributed by atoms with van der Waals surface area (Å²) in [4.78, 5) is 10.8. The highest BCUT2D eigenvalue weighted by Gasteiger charge is 1.99. The van der Waals surface area contributed by atoms with Gasteiger partial charge in [-0.1, -0.05) is 12.2 Å². The van der Waals surface area contributed by atoms with Crippen molar-refractivity contribution in [2.45, 2.75) is 6.42 Å². The molecule has 0 saturated heterocycles. The smallest absolute Gasteiger partial charge is 0.309 e. The fraction of sp³-hybridized carbons (Fsp3) is 0.250. The molecule has 16 heavy (non-hydrogen) atoms. The Morgan fingerprint density at radius 3 is 2.75 bits per heavy atom. The third kappa shape index (κ3) is 3.73. The van der Waals surface area contributed by atoms with Crippen LogP contribution in [0.3, 0.4) is 0 Å². The molecule has 3 nitrogen and oxygen atoms in total. The largest absolute Gasteiger partial charge is 0.497 e. The Bertz CT molecular complexity index is 399. The van der Waals surface area contributed by atoms with Crippen LogP contribution in [0.25, 0.3) is 6.08 Å². The predicted octanol–water partition coefficient (Wildman–Crippen LogP) is 2.41. The van der Waals surface area contributed by atoms with Crippen molar-refractivity contribution in [1.29, 1.82) is 0 Å². The van der Waals surface area contributed by atoms with Gasteiger partial charge in [0.2, 0.25) is 0 Å². The average Bonchev–Trinajstić information content (AvgIpc) is 2.28. The molecule has 1 aromatic rings. The van der Waals surface area contributed by atoms with E-state index in [1.165, 1.54) is 26.4 Å². The summed E-state index contributed by atoms with van der Waals surface area (Å²) in [6.45, 7) is 0. The summed E-state index contributed by atoms with van der Waals surface area (Å²) in [6.07, 6.45) is 3.41. The van der Waals surface area contributed by atoms with Crippen LogP contribution in [0.2, 0.25) is 0 Å². The lowest BCUT2D eigenvalue weighted by molar-refractivity contribution is -0.139. The van der Waals surface area contributed by atoms with Gasteiger partial charge in [-0.15, -0.1) is 0 Å². The lowest BCUT2D eigenvalue weighted by Gasteiger charge is -2.01. The number of hydrogen-bond donors (Lipinski definition) is 0. The summed E-state index contributed by atoms with van der Waals surface area (Å²) >= 11 is 0. The Balaban J connectivity index is 2.73. The summed E-state index contributed by atoms with van der Waals surface area (Å²) in [5, 5.41) is 0. The molecule has 0 saturated carbocycles. The minimum Gasteiger partial charge on any atom is -0.497 e. The lowest BCUT2D eigenvalue weighted by atomic mass is 10.2. The Kier molecular flexibility index (Phi) is 4.51. The Morgan fingerprint density at radius 2 is 2.12 bits per heavy atom. The number of carbonyl (C=O) groups is 1. The monoisotopic (exact) mass is 224 g/mol. The number of benzene rings is 1. The number of ether oxygens (including phenoxy) is 2. The highest BCUT2D eigenvalue weighted by atomic mass is 19.1. The van der Waals surface area contributed by atoms with Gasteiger partial charge in [-0.2, -0.15) is 0 Å². The maximum absolute atomic E-state index is 13.1. The zero-order chi connectivity index (χ0) is 12.0. The lowest BCUT2D eigenvalue weighted by Crippen LogP contribution is -1.96. The molecular formula is C12H13FO3. The van der Waals surface area contributed by atoms with E-state index in [2.05, 4.69) is 4.74 Å². The van der Waals surface area contributed by atoms with Gasteiger partial charge >= 0.3 is 5.97 Å². The van der Waals surface area contributed by atoms with Gasteiger partial charge in [-0.25, -0.2) is 4.39 Å². The van der Waals surface area contributed by atoms with Crippen LogP contribution in [-0.4, -0.2) is 20.2 Å². The highest BCUT2D eigenvalue weighted by molar-refractivity contribution is 5.72. The normalized spacial score (nSPS) is 10.4. The second-order valence-electron chi connectivity index (χ2n) is 3.11. The Hall–Kier alpha value is -1.84. The van der Waals surface area contributed by atoms with Crippen molar-refractivity contribution in [2.75, 3.05) is 14.2 Å². The van der Waals surface area contributed by atoms with Gasteiger partial charge in [0.1, 0.15) is 11.6 Å². The molecule has 0 fully saturated rings. The summed E-state index contributed by atoms with van der Waals surface area (Å²) in [7, 11) is 2.79. The highest BCUT2D eigenvalue weighted by Crippen LogP contribution is 2.17. The molecule has 0 atom stereocenters. The van der Waals surface area contributed by atoms with E-state index in [-0.39, 0.29) is 18.2 Å². The van der Waals surface area contributed by atoms with Crippen LogP contribution >= 0.6 is 0 Å². The van der Waals surface area contributed by atoms with E-state index in [4.69, 9.17) is 4.74 Å². The third-order valence-electron chi connectivity index (χ3n) is 1.95. The molecule has 0 aromatic heterocycles. The molecule has 0 radical (unpaired) electrons. The Morgan fingerprint density at radius 1 is 1.38 bits per heavy atom. The number of hydrogen-bond acceptors (Lipinski definition) is 3. The topological polar surface area (TPSA) is 35.5 Å². The standard InChI is InChI=1S/C12H13FO3/c1-15-11-7-9(6-10(13)8-11)4-3-5-12(14)16-2/h3-4,6-8H,5H2,1-2H3. The molecule has 0 spiro atoms. The predicted molar refractivity (Wildman–Crippen MR) is 58.6 cm³/mol. The molecule has 0 aliphatic heterocycles. The number of carbonyl (C=O) groups excluding carboxylic acids is 1. The minimum absolute atomic E-state index is 0.162. The first-order valence-corrected chi connectivity index (χ1v) is 4.73. The van der Waals surface area contributed by atoms with Crippen LogP contribution in [0.1, 0.15) is 12.0 Å². The summed E-state index contributed by atoms with van der Waals surface area (Å²) < 4.78 is 22.4. The van der Waals surface area contributed by atoms with Gasteiger partial charge in [-0.05, 0) is 17.7 Å². The van der Waals surface area contributed by atoms with E-state index in [1.54, 1.807) is 18.2 Å². The quantitative estimate of drug-likeness (QED) is 0.737. The summed E-state index contributed by atoms with van der Waals surface area (Å²) in [6, 6.07) is 4.32. The SMILES string of the molecule is COC(=O)CC=Cc1cc(F)cc(OC)c1. The molecule has 1 rings (SSSR count). The van der Waals surface area contributed by atoms with Crippen molar-refractivity contribution in [1.82, 2.24) is 0 Å². The number of rotatable bonds is 4. The zero-order valence-corrected chi connectivity index (χ0v) is 9.20. The van der Waals surface area contributed by atoms with Crippen molar-refractivity contribution in [3.63, 3.8) is 0 Å². The minimum atomic E-state index is -0.378. The van der Waals surface area contributed by atoms with Crippen molar-refractivity contribution >= 4 is 12.0 Å². The number of halogens is 1. The molecule has 4 heteroatoms. The van der Waals surface area contributed by atoms with E-state index >= 15 is 0 Å². The number of esters is 1. The first-order chi connectivity index (χ1) is 7.65. The molecule has 1 aromatic carbocycles. The fourth-order valence-electron chi connectivity index (χ4n) is 1.17. The van der Waals surface area contributed by atoms with Crippen LogP contribution in [0, 0.1) is 5.82 Å². The van der Waals surface area contributed by atoms with Crippen molar-refractivity contribution in [3.05, 3.63) is 35.7 Å². The number of methoxy groups -OCH3 is 2.